The molecule has 2 atom stereocenters. The zero-order valence-corrected chi connectivity index (χ0v) is 29.5. The van der Waals surface area contributed by atoms with Gasteiger partial charge < -0.3 is 31.7 Å². The van der Waals surface area contributed by atoms with Crippen LogP contribution in [0.25, 0.3) is 22.0 Å². The monoisotopic (exact) mass is 727 g/mol. The van der Waals surface area contributed by atoms with Gasteiger partial charge in [0.1, 0.15) is 12.1 Å². The van der Waals surface area contributed by atoms with Crippen molar-refractivity contribution in [3.63, 3.8) is 0 Å². The zero-order valence-electron chi connectivity index (χ0n) is 28.8. The van der Waals surface area contributed by atoms with Gasteiger partial charge in [-0.2, -0.15) is 5.10 Å². The number of piperidine rings is 1. The molecule has 1 saturated heterocycles. The number of hydrogen-bond acceptors (Lipinski definition) is 6. The van der Waals surface area contributed by atoms with Crippen LogP contribution in [0.5, 0.6) is 0 Å². The number of H-pyrrole nitrogens is 1. The molecule has 2 fully saturated rings. The Balaban J connectivity index is 1.14. The molecule has 0 bridgehead atoms. The van der Waals surface area contributed by atoms with E-state index in [9.17, 15) is 24.0 Å². The second-order valence-corrected chi connectivity index (χ2v) is 14.0. The first-order chi connectivity index (χ1) is 25.0. The highest BCUT2D eigenvalue weighted by molar-refractivity contribution is 6.34. The van der Waals surface area contributed by atoms with Crippen molar-refractivity contribution >= 4 is 57.9 Å². The summed E-state index contributed by atoms with van der Waals surface area (Å²) in [7, 11) is 0. The fraction of sp³-hybridized carbons (Fsp3) is 0.368. The summed E-state index contributed by atoms with van der Waals surface area (Å²) in [5, 5.41) is 30.8. The van der Waals surface area contributed by atoms with E-state index in [1.165, 1.54) is 0 Å². The Hall–Kier alpha value is -5.43. The number of halogens is 1. The maximum absolute atomic E-state index is 13.7. The van der Waals surface area contributed by atoms with E-state index in [1.807, 2.05) is 37.3 Å². The number of aromatic amines is 1. The summed E-state index contributed by atoms with van der Waals surface area (Å²) in [5.41, 5.74) is 5.24. The molecule has 2 heterocycles. The fourth-order valence-corrected chi connectivity index (χ4v) is 7.20. The predicted octanol–water partition coefficient (Wildman–Crippen LogP) is 4.94. The number of anilines is 1. The SMILES string of the molecule is Cc1cc(C(=O)N[C@H]2CCCNC2=O)ccc1-c1ccc(C[C@H](NC(=O)[C@H]2CC[C@H](CNC(=O)O)CC2)C(=O)Nc2ccc3c(Cl)n[nH]c3c2)cc1. The topological polar surface area (TPSA) is 194 Å². The van der Waals surface area contributed by atoms with Crippen LogP contribution in [0.3, 0.4) is 0 Å². The van der Waals surface area contributed by atoms with Crippen molar-refractivity contribution in [2.45, 2.75) is 64.0 Å². The van der Waals surface area contributed by atoms with E-state index in [2.05, 4.69) is 36.8 Å². The maximum Gasteiger partial charge on any atom is 0.404 e. The average molecular weight is 728 g/mol. The highest BCUT2D eigenvalue weighted by Gasteiger charge is 2.30. The first kappa shape index (κ1) is 36.4. The van der Waals surface area contributed by atoms with Crippen LogP contribution in [0.4, 0.5) is 10.5 Å². The Labute approximate surface area is 305 Å². The van der Waals surface area contributed by atoms with Gasteiger partial charge >= 0.3 is 6.09 Å². The molecule has 14 heteroatoms. The number of aryl methyl sites for hydroxylation is 1. The van der Waals surface area contributed by atoms with Gasteiger partial charge in [-0.1, -0.05) is 41.9 Å². The Morgan fingerprint density at radius 1 is 0.981 bits per heavy atom. The van der Waals surface area contributed by atoms with Crippen molar-refractivity contribution in [1.29, 1.82) is 0 Å². The number of amides is 5. The second kappa shape index (κ2) is 16.3. The number of fused-ring (bicyclic) bond motifs is 1. The smallest absolute Gasteiger partial charge is 0.404 e. The minimum atomic E-state index is -1.06. The molecule has 52 heavy (non-hydrogen) atoms. The van der Waals surface area contributed by atoms with E-state index in [0.29, 0.717) is 67.1 Å². The molecular formula is C38H42ClN7O6. The van der Waals surface area contributed by atoms with Gasteiger partial charge in [-0.05, 0) is 104 Å². The van der Waals surface area contributed by atoms with Gasteiger partial charge in [0.05, 0.1) is 5.52 Å². The van der Waals surface area contributed by atoms with Gasteiger partial charge in [-0.3, -0.25) is 24.3 Å². The van der Waals surface area contributed by atoms with Crippen molar-refractivity contribution in [2.75, 3.05) is 18.4 Å². The summed E-state index contributed by atoms with van der Waals surface area (Å²) in [4.78, 5) is 63.2. The van der Waals surface area contributed by atoms with Crippen LogP contribution in [0.15, 0.2) is 60.7 Å². The van der Waals surface area contributed by atoms with Crippen LogP contribution in [0.2, 0.25) is 5.15 Å². The molecule has 1 aromatic heterocycles. The van der Waals surface area contributed by atoms with Crippen molar-refractivity contribution in [2.24, 2.45) is 11.8 Å². The van der Waals surface area contributed by atoms with E-state index in [4.69, 9.17) is 16.7 Å². The number of aromatic nitrogens is 2. The second-order valence-electron chi connectivity index (χ2n) is 13.6. The number of carbonyl (C=O) groups is 5. The highest BCUT2D eigenvalue weighted by Crippen LogP contribution is 2.30. The molecule has 4 aromatic rings. The first-order valence-corrected chi connectivity index (χ1v) is 17.9. The lowest BCUT2D eigenvalue weighted by atomic mass is 9.81. The summed E-state index contributed by atoms with van der Waals surface area (Å²) in [6, 6.07) is 17.0. The van der Waals surface area contributed by atoms with Crippen molar-refractivity contribution in [1.82, 2.24) is 31.5 Å². The Bertz CT molecular complexity index is 1970. The molecule has 1 aliphatic heterocycles. The van der Waals surface area contributed by atoms with E-state index in [0.717, 1.165) is 34.1 Å². The van der Waals surface area contributed by atoms with E-state index < -0.39 is 18.2 Å². The first-order valence-electron chi connectivity index (χ1n) is 17.5. The van der Waals surface area contributed by atoms with Gasteiger partial charge in [-0.15, -0.1) is 0 Å². The van der Waals surface area contributed by atoms with Crippen LogP contribution in [0.1, 0.15) is 60.0 Å². The third-order valence-electron chi connectivity index (χ3n) is 9.96. The highest BCUT2D eigenvalue weighted by atomic mass is 35.5. The third-order valence-corrected chi connectivity index (χ3v) is 10.2. The molecule has 0 radical (unpaired) electrons. The average Bonchev–Trinajstić information content (AvgIpc) is 3.51. The zero-order chi connectivity index (χ0) is 36.8. The maximum atomic E-state index is 13.7. The van der Waals surface area contributed by atoms with Gasteiger partial charge in [0.25, 0.3) is 5.91 Å². The fourth-order valence-electron chi connectivity index (χ4n) is 6.99. The number of nitrogens with zero attached hydrogens (tertiary/aromatic N) is 1. The van der Waals surface area contributed by atoms with Crippen molar-refractivity contribution < 1.29 is 29.1 Å². The molecular weight excluding hydrogens is 686 g/mol. The molecule has 1 aliphatic carbocycles. The largest absolute Gasteiger partial charge is 0.465 e. The summed E-state index contributed by atoms with van der Waals surface area (Å²) >= 11 is 6.12. The molecule has 6 rings (SSSR count). The molecule has 3 aromatic carbocycles. The van der Waals surface area contributed by atoms with Gasteiger partial charge in [-0.25, -0.2) is 4.79 Å². The minimum Gasteiger partial charge on any atom is -0.465 e. The van der Waals surface area contributed by atoms with Crippen LogP contribution in [-0.2, 0) is 20.8 Å². The molecule has 5 amide bonds. The lowest BCUT2D eigenvalue weighted by Crippen LogP contribution is -2.50. The van der Waals surface area contributed by atoms with Crippen LogP contribution < -0.4 is 26.6 Å². The third kappa shape index (κ3) is 8.89. The molecule has 7 N–H and O–H groups in total. The van der Waals surface area contributed by atoms with Crippen LogP contribution in [-0.4, -0.2) is 70.2 Å². The van der Waals surface area contributed by atoms with Gasteiger partial charge in [0, 0.05) is 42.1 Å². The molecule has 272 valence electrons. The molecule has 0 spiro atoms. The van der Waals surface area contributed by atoms with Gasteiger partial charge in [0.15, 0.2) is 5.15 Å². The lowest BCUT2D eigenvalue weighted by Gasteiger charge is -2.29. The Morgan fingerprint density at radius 2 is 1.75 bits per heavy atom. The molecule has 13 nitrogen and oxygen atoms in total. The van der Waals surface area contributed by atoms with E-state index in [-0.39, 0.29) is 41.9 Å². The van der Waals surface area contributed by atoms with E-state index >= 15 is 0 Å². The van der Waals surface area contributed by atoms with E-state index in [1.54, 1.807) is 30.3 Å². The van der Waals surface area contributed by atoms with Gasteiger partial charge in [0.2, 0.25) is 17.7 Å². The lowest BCUT2D eigenvalue weighted by molar-refractivity contribution is -0.130. The number of carboxylic acid groups (broad SMARTS) is 1. The summed E-state index contributed by atoms with van der Waals surface area (Å²) in [5.74, 6) is -1.16. The Kier molecular flexibility index (Phi) is 11.4. The standard InChI is InChI=1S/C38H42ClN7O6/c1-21-17-26(35(48)43-30-3-2-16-40-36(30)49)12-14-28(21)24-8-4-22(5-9-24)18-32(37(50)42-27-13-15-29-31(19-27)45-46-33(29)39)44-34(47)25-10-6-23(7-11-25)20-41-38(51)52/h4-5,8-9,12-15,17,19,23,25,30,32,41H,2-3,6-7,10-11,16,18,20H2,1H3,(H,40,49)(H,42,50)(H,43,48)(H,44,47)(H,45,46)(H,51,52)/t23-,25-,30-,32-/m0/s1. The molecule has 1 saturated carbocycles. The quantitative estimate of drug-likeness (QED) is 0.114. The molecule has 2 aliphatic rings. The van der Waals surface area contributed by atoms with Crippen molar-refractivity contribution in [3.8, 4) is 11.1 Å². The normalized spacial score (nSPS) is 19.3. The number of nitrogens with one attached hydrogen (secondary N) is 6. The summed E-state index contributed by atoms with van der Waals surface area (Å²) in [6.07, 6.45) is 3.24. The number of rotatable bonds is 11. The Morgan fingerprint density at radius 3 is 2.46 bits per heavy atom. The summed E-state index contributed by atoms with van der Waals surface area (Å²) in [6.45, 7) is 2.90. The summed E-state index contributed by atoms with van der Waals surface area (Å²) < 4.78 is 0. The number of benzene rings is 3. The van der Waals surface area contributed by atoms with Crippen molar-refractivity contribution in [3.05, 3.63) is 82.5 Å². The van der Waals surface area contributed by atoms with Crippen LogP contribution in [0, 0.1) is 18.8 Å². The van der Waals surface area contributed by atoms with Crippen LogP contribution >= 0.6 is 11.6 Å². The molecule has 0 unspecified atom stereocenters. The predicted molar refractivity (Wildman–Crippen MR) is 197 cm³/mol. The number of hydrogen-bond donors (Lipinski definition) is 7. The minimum absolute atomic E-state index is 0.164. The number of carbonyl (C=O) groups excluding carboxylic acids is 4.